The lowest BCUT2D eigenvalue weighted by atomic mass is 10.1. The number of ether oxygens (including phenoxy) is 4. The van der Waals surface area contributed by atoms with Gasteiger partial charge in [-0.15, -0.1) is 0 Å². The molecule has 0 bridgehead atoms. The fourth-order valence-electron chi connectivity index (χ4n) is 3.52. The molecule has 12 nitrogen and oxygen atoms in total. The van der Waals surface area contributed by atoms with Crippen LogP contribution >= 0.6 is 0 Å². The maximum Gasteiger partial charge on any atom is 0.410 e. The third-order valence-electron chi connectivity index (χ3n) is 5.40. The first-order valence-corrected chi connectivity index (χ1v) is 12.8. The molecule has 2 rings (SSSR count). The Labute approximate surface area is 224 Å². The average Bonchev–Trinajstić information content (AvgIpc) is 2.90. The van der Waals surface area contributed by atoms with Gasteiger partial charge in [-0.05, 0) is 32.9 Å². The first-order valence-electron chi connectivity index (χ1n) is 12.8. The molecule has 1 aromatic carbocycles. The maximum atomic E-state index is 12.5. The number of nitrogens with zero attached hydrogens (tertiary/aromatic N) is 2. The van der Waals surface area contributed by atoms with Crippen molar-refractivity contribution in [1.82, 2.24) is 15.3 Å². The monoisotopic (exact) mass is 539 g/mol. The molecule has 1 aromatic rings. The van der Waals surface area contributed by atoms with Crippen molar-refractivity contribution >= 4 is 18.0 Å². The highest BCUT2D eigenvalue weighted by atomic mass is 16.7. The minimum absolute atomic E-state index is 0.0929. The van der Waals surface area contributed by atoms with Gasteiger partial charge in [0, 0.05) is 19.6 Å². The SMILES string of the molecule is CC(C)(C)OC(=O)N1CCN(C(=O)CCOCCOCCOCCNOC(=O)c2ccccc2)CC1CO. The smallest absolute Gasteiger partial charge is 0.410 e. The van der Waals surface area contributed by atoms with Gasteiger partial charge in [0.2, 0.25) is 5.91 Å². The van der Waals surface area contributed by atoms with E-state index in [1.165, 1.54) is 4.90 Å². The molecule has 0 aromatic heterocycles. The Bertz CT molecular complexity index is 848. The zero-order valence-corrected chi connectivity index (χ0v) is 22.6. The lowest BCUT2D eigenvalue weighted by Crippen LogP contribution is -2.58. The predicted molar refractivity (Wildman–Crippen MR) is 137 cm³/mol. The van der Waals surface area contributed by atoms with Crippen molar-refractivity contribution in [3.63, 3.8) is 0 Å². The van der Waals surface area contributed by atoms with E-state index in [0.717, 1.165) is 0 Å². The second-order valence-electron chi connectivity index (χ2n) is 9.59. The van der Waals surface area contributed by atoms with E-state index in [-0.39, 0.29) is 32.1 Å². The number of hydroxylamine groups is 1. The van der Waals surface area contributed by atoms with Crippen LogP contribution in [0, 0.1) is 0 Å². The Morgan fingerprint density at radius 2 is 1.58 bits per heavy atom. The van der Waals surface area contributed by atoms with Gasteiger partial charge in [0.05, 0.1) is 70.8 Å². The van der Waals surface area contributed by atoms with E-state index in [1.807, 2.05) is 6.07 Å². The number of nitrogens with one attached hydrogen (secondary N) is 1. The topological polar surface area (TPSA) is 136 Å². The number of aliphatic hydroxyl groups excluding tert-OH is 1. The molecule has 0 radical (unpaired) electrons. The normalized spacial score (nSPS) is 15.8. The summed E-state index contributed by atoms with van der Waals surface area (Å²) < 4.78 is 21.7. The molecule has 1 fully saturated rings. The molecule has 2 N–H and O–H groups in total. The Hall–Kier alpha value is -2.77. The molecule has 1 heterocycles. The molecular weight excluding hydrogens is 498 g/mol. The molecule has 1 saturated heterocycles. The van der Waals surface area contributed by atoms with Crippen molar-refractivity contribution in [3.8, 4) is 0 Å². The maximum absolute atomic E-state index is 12.5. The van der Waals surface area contributed by atoms with Gasteiger partial charge in [-0.2, -0.15) is 5.48 Å². The summed E-state index contributed by atoms with van der Waals surface area (Å²) in [5, 5.41) is 9.70. The van der Waals surface area contributed by atoms with Gasteiger partial charge in [0.1, 0.15) is 5.60 Å². The van der Waals surface area contributed by atoms with Crippen LogP contribution in [-0.2, 0) is 28.6 Å². The molecule has 1 aliphatic rings. The second-order valence-corrected chi connectivity index (χ2v) is 9.59. The van der Waals surface area contributed by atoms with E-state index in [2.05, 4.69) is 5.48 Å². The molecule has 1 unspecified atom stereocenters. The number of amides is 2. The van der Waals surface area contributed by atoms with Crippen molar-refractivity contribution in [2.45, 2.75) is 38.8 Å². The van der Waals surface area contributed by atoms with E-state index in [0.29, 0.717) is 58.2 Å². The average molecular weight is 540 g/mol. The van der Waals surface area contributed by atoms with Gasteiger partial charge in [0.15, 0.2) is 0 Å². The number of rotatable bonds is 15. The number of carbonyl (C=O) groups is 3. The summed E-state index contributed by atoms with van der Waals surface area (Å²) in [5.74, 6) is -0.546. The zero-order chi connectivity index (χ0) is 27.8. The van der Waals surface area contributed by atoms with E-state index >= 15 is 0 Å². The Morgan fingerprint density at radius 1 is 0.947 bits per heavy atom. The first-order chi connectivity index (χ1) is 18.2. The van der Waals surface area contributed by atoms with Crippen molar-refractivity contribution < 1.29 is 43.3 Å². The molecule has 214 valence electrons. The number of benzene rings is 1. The molecule has 38 heavy (non-hydrogen) atoms. The van der Waals surface area contributed by atoms with Gasteiger partial charge < -0.3 is 33.8 Å². The van der Waals surface area contributed by atoms with Gasteiger partial charge in [0.25, 0.3) is 0 Å². The van der Waals surface area contributed by atoms with Crippen LogP contribution in [0.4, 0.5) is 4.79 Å². The van der Waals surface area contributed by atoms with Crippen LogP contribution in [0.15, 0.2) is 30.3 Å². The van der Waals surface area contributed by atoms with Gasteiger partial charge in [-0.3, -0.25) is 9.69 Å². The standard InChI is InChI=1S/C26H41N3O9/c1-26(2,3)37-25(33)29-12-11-28(19-22(29)20-30)23(31)9-13-34-15-17-36-18-16-35-14-10-27-38-24(32)21-7-5-4-6-8-21/h4-8,22,27,30H,9-20H2,1-3H3. The van der Waals surface area contributed by atoms with Crippen LogP contribution < -0.4 is 5.48 Å². The first kappa shape index (κ1) is 31.4. The molecular formula is C26H41N3O9. The van der Waals surface area contributed by atoms with E-state index in [9.17, 15) is 19.5 Å². The highest BCUT2D eigenvalue weighted by Crippen LogP contribution is 2.16. The van der Waals surface area contributed by atoms with Crippen LogP contribution in [0.1, 0.15) is 37.6 Å². The molecule has 0 saturated carbocycles. The summed E-state index contributed by atoms with van der Waals surface area (Å²) in [5.41, 5.74) is 2.40. The van der Waals surface area contributed by atoms with Crippen molar-refractivity contribution in [2.24, 2.45) is 0 Å². The minimum Gasteiger partial charge on any atom is -0.444 e. The summed E-state index contributed by atoms with van der Waals surface area (Å²) in [7, 11) is 0. The van der Waals surface area contributed by atoms with E-state index < -0.39 is 23.7 Å². The summed E-state index contributed by atoms with van der Waals surface area (Å²) in [6, 6.07) is 8.18. The van der Waals surface area contributed by atoms with Crippen molar-refractivity contribution in [2.75, 3.05) is 72.4 Å². The lowest BCUT2D eigenvalue weighted by Gasteiger charge is -2.41. The van der Waals surface area contributed by atoms with Crippen LogP contribution in [0.2, 0.25) is 0 Å². The van der Waals surface area contributed by atoms with Gasteiger partial charge >= 0.3 is 12.1 Å². The Balaban J connectivity index is 1.44. The highest BCUT2D eigenvalue weighted by Gasteiger charge is 2.34. The Morgan fingerprint density at radius 3 is 2.21 bits per heavy atom. The van der Waals surface area contributed by atoms with Gasteiger partial charge in [-0.1, -0.05) is 18.2 Å². The summed E-state index contributed by atoms with van der Waals surface area (Å²) in [4.78, 5) is 44.6. The van der Waals surface area contributed by atoms with Crippen molar-refractivity contribution in [3.05, 3.63) is 35.9 Å². The van der Waals surface area contributed by atoms with Crippen LogP contribution in [0.5, 0.6) is 0 Å². The number of carbonyl (C=O) groups excluding carboxylic acids is 3. The molecule has 12 heteroatoms. The summed E-state index contributed by atoms with van der Waals surface area (Å²) >= 11 is 0. The molecule has 1 atom stereocenters. The zero-order valence-electron chi connectivity index (χ0n) is 22.6. The van der Waals surface area contributed by atoms with Crippen LogP contribution in [0.3, 0.4) is 0 Å². The number of aliphatic hydroxyl groups is 1. The number of piperazine rings is 1. The number of hydrogen-bond donors (Lipinski definition) is 2. The summed E-state index contributed by atoms with van der Waals surface area (Å²) in [6.07, 6.45) is -0.284. The lowest BCUT2D eigenvalue weighted by molar-refractivity contribution is -0.136. The van der Waals surface area contributed by atoms with E-state index in [1.54, 1.807) is 49.9 Å². The molecule has 0 spiro atoms. The summed E-state index contributed by atoms with van der Waals surface area (Å²) in [6.45, 7) is 8.47. The fourth-order valence-corrected chi connectivity index (χ4v) is 3.52. The van der Waals surface area contributed by atoms with Crippen LogP contribution in [0.25, 0.3) is 0 Å². The molecule has 1 aliphatic heterocycles. The third-order valence-corrected chi connectivity index (χ3v) is 5.40. The minimum atomic E-state index is -0.629. The van der Waals surface area contributed by atoms with Crippen LogP contribution in [-0.4, -0.2) is 117 Å². The predicted octanol–water partition coefficient (Wildman–Crippen LogP) is 1.23. The third kappa shape index (κ3) is 12.2. The van der Waals surface area contributed by atoms with E-state index in [4.69, 9.17) is 23.8 Å². The fraction of sp³-hybridized carbons (Fsp3) is 0.654. The largest absolute Gasteiger partial charge is 0.444 e. The molecule has 2 amide bonds. The Kier molecular flexibility index (Phi) is 14.0. The second kappa shape index (κ2) is 16.9. The van der Waals surface area contributed by atoms with Gasteiger partial charge in [-0.25, -0.2) is 9.59 Å². The molecule has 0 aliphatic carbocycles. The number of hydrogen-bond acceptors (Lipinski definition) is 10. The highest BCUT2D eigenvalue weighted by molar-refractivity contribution is 5.89. The quantitative estimate of drug-likeness (QED) is 0.247. The van der Waals surface area contributed by atoms with Crippen molar-refractivity contribution in [1.29, 1.82) is 0 Å².